The zero-order chi connectivity index (χ0) is 27.4. The number of nitrogens with zero attached hydrogens (tertiary/aromatic N) is 2. The molecule has 2 aromatic heterocycles. The van der Waals surface area contributed by atoms with Gasteiger partial charge in [0.25, 0.3) is 0 Å². The van der Waals surface area contributed by atoms with E-state index in [-0.39, 0.29) is 0 Å². The van der Waals surface area contributed by atoms with Crippen LogP contribution in [0.5, 0.6) is 0 Å². The Morgan fingerprint density at radius 2 is 1.02 bits per heavy atom. The topological polar surface area (TPSA) is 9.86 Å². The van der Waals surface area contributed by atoms with Crippen molar-refractivity contribution in [3.05, 3.63) is 146 Å². The van der Waals surface area contributed by atoms with E-state index in [0.29, 0.717) is 0 Å². The largest absolute Gasteiger partial charge is 0.309 e. The van der Waals surface area contributed by atoms with Crippen LogP contribution in [0.1, 0.15) is 0 Å². The van der Waals surface area contributed by atoms with E-state index in [1.807, 2.05) is 0 Å². The van der Waals surface area contributed by atoms with Gasteiger partial charge in [-0.25, -0.2) is 0 Å². The predicted molar refractivity (Wildman–Crippen MR) is 177 cm³/mol. The van der Waals surface area contributed by atoms with Gasteiger partial charge in [0.15, 0.2) is 0 Å². The predicted octanol–water partition coefficient (Wildman–Crippen LogP) is 10.7. The van der Waals surface area contributed by atoms with Crippen LogP contribution in [0.2, 0.25) is 0 Å². The van der Waals surface area contributed by atoms with Gasteiger partial charge in [-0.1, -0.05) is 103 Å². The Kier molecular flexibility index (Phi) is 4.21. The first-order chi connectivity index (χ1) is 20.9. The zero-order valence-corrected chi connectivity index (χ0v) is 22.8. The van der Waals surface area contributed by atoms with E-state index in [2.05, 4.69) is 155 Å². The SMILES string of the molecule is c1ccc(-n2c3ccccc3c3cc(-n4c5ccccc5c5ccc6c(c54)-c4cccc5cccc-6c45)ccc32)cc1. The molecule has 0 spiro atoms. The van der Waals surface area contributed by atoms with Crippen molar-refractivity contribution in [3.63, 3.8) is 0 Å². The lowest BCUT2D eigenvalue weighted by Gasteiger charge is -2.13. The van der Waals surface area contributed by atoms with Gasteiger partial charge < -0.3 is 9.13 Å². The maximum Gasteiger partial charge on any atom is 0.0625 e. The smallest absolute Gasteiger partial charge is 0.0625 e. The second kappa shape index (κ2) is 7.99. The number of benzene rings is 7. The van der Waals surface area contributed by atoms with Crippen molar-refractivity contribution >= 4 is 54.4 Å². The van der Waals surface area contributed by atoms with Crippen LogP contribution in [-0.2, 0) is 0 Å². The van der Waals surface area contributed by atoms with Gasteiger partial charge in [0.2, 0.25) is 0 Å². The Balaban J connectivity index is 1.35. The molecule has 0 aliphatic heterocycles. The van der Waals surface area contributed by atoms with Crippen molar-refractivity contribution in [2.75, 3.05) is 0 Å². The van der Waals surface area contributed by atoms with Gasteiger partial charge in [0.05, 0.1) is 22.1 Å². The molecule has 10 rings (SSSR count). The molecule has 0 N–H and O–H groups in total. The van der Waals surface area contributed by atoms with Gasteiger partial charge in [0, 0.05) is 38.5 Å². The van der Waals surface area contributed by atoms with Crippen molar-refractivity contribution in [3.8, 4) is 33.6 Å². The summed E-state index contributed by atoms with van der Waals surface area (Å²) in [6, 6.07) is 53.4. The Hall–Kier alpha value is -5.60. The van der Waals surface area contributed by atoms with E-state index < -0.39 is 0 Å². The fraction of sp³-hybridized carbons (Fsp3) is 0. The molecule has 7 aromatic carbocycles. The molecule has 2 heteroatoms. The summed E-state index contributed by atoms with van der Waals surface area (Å²) in [6.45, 7) is 0. The quantitative estimate of drug-likeness (QED) is 0.210. The molecule has 42 heavy (non-hydrogen) atoms. The van der Waals surface area contributed by atoms with Gasteiger partial charge in [-0.2, -0.15) is 0 Å². The second-order valence-corrected chi connectivity index (χ2v) is 11.3. The molecule has 1 aliphatic carbocycles. The Morgan fingerprint density at radius 3 is 1.83 bits per heavy atom. The fourth-order valence-electron chi connectivity index (χ4n) is 7.55. The van der Waals surface area contributed by atoms with Crippen LogP contribution in [0.25, 0.3) is 88.0 Å². The maximum absolute atomic E-state index is 2.50. The van der Waals surface area contributed by atoms with E-state index in [4.69, 9.17) is 0 Å². The molecule has 2 nitrogen and oxygen atoms in total. The first kappa shape index (κ1) is 22.1. The van der Waals surface area contributed by atoms with Gasteiger partial charge in [-0.05, 0) is 69.9 Å². The van der Waals surface area contributed by atoms with Gasteiger partial charge in [-0.15, -0.1) is 0 Å². The minimum Gasteiger partial charge on any atom is -0.309 e. The van der Waals surface area contributed by atoms with E-state index in [9.17, 15) is 0 Å². The van der Waals surface area contributed by atoms with E-state index in [0.717, 1.165) is 0 Å². The first-order valence-corrected chi connectivity index (χ1v) is 14.5. The third-order valence-electron chi connectivity index (χ3n) is 9.23. The molecule has 2 heterocycles. The fourth-order valence-corrected chi connectivity index (χ4v) is 7.55. The molecule has 0 unspecified atom stereocenters. The molecule has 0 atom stereocenters. The summed E-state index contributed by atoms with van der Waals surface area (Å²) in [4.78, 5) is 0. The summed E-state index contributed by atoms with van der Waals surface area (Å²) in [6.07, 6.45) is 0. The van der Waals surface area contributed by atoms with E-state index in [1.165, 1.54) is 88.0 Å². The average molecular weight is 533 g/mol. The summed E-state index contributed by atoms with van der Waals surface area (Å²) in [7, 11) is 0. The Labute approximate surface area is 242 Å². The highest BCUT2D eigenvalue weighted by Crippen LogP contribution is 2.52. The highest BCUT2D eigenvalue weighted by molar-refractivity contribution is 6.24. The normalized spacial score (nSPS) is 12.3. The summed E-state index contributed by atoms with van der Waals surface area (Å²) in [5, 5.41) is 7.76. The summed E-state index contributed by atoms with van der Waals surface area (Å²) >= 11 is 0. The second-order valence-electron chi connectivity index (χ2n) is 11.3. The molecule has 0 saturated heterocycles. The van der Waals surface area contributed by atoms with E-state index in [1.54, 1.807) is 0 Å². The third kappa shape index (κ3) is 2.74. The molecular weight excluding hydrogens is 508 g/mol. The molecule has 0 radical (unpaired) electrons. The maximum atomic E-state index is 2.50. The Bertz CT molecular complexity index is 2560. The van der Waals surface area contributed by atoms with Crippen molar-refractivity contribution in [1.82, 2.24) is 9.13 Å². The lowest BCUT2D eigenvalue weighted by molar-refractivity contribution is 1.17. The number of para-hydroxylation sites is 3. The van der Waals surface area contributed by atoms with Crippen LogP contribution in [0.15, 0.2) is 146 Å². The van der Waals surface area contributed by atoms with Gasteiger partial charge in [0.1, 0.15) is 0 Å². The average Bonchev–Trinajstić information content (AvgIpc) is 3.68. The molecule has 194 valence electrons. The summed E-state index contributed by atoms with van der Waals surface area (Å²) in [5.74, 6) is 0. The lowest BCUT2D eigenvalue weighted by atomic mass is 10.00. The third-order valence-corrected chi connectivity index (χ3v) is 9.23. The van der Waals surface area contributed by atoms with Crippen LogP contribution in [0.3, 0.4) is 0 Å². The molecule has 0 saturated carbocycles. The van der Waals surface area contributed by atoms with Gasteiger partial charge >= 0.3 is 0 Å². The van der Waals surface area contributed by atoms with Crippen LogP contribution in [0.4, 0.5) is 0 Å². The number of fused-ring (bicyclic) bond motifs is 10. The van der Waals surface area contributed by atoms with E-state index >= 15 is 0 Å². The van der Waals surface area contributed by atoms with Crippen LogP contribution < -0.4 is 0 Å². The highest BCUT2D eigenvalue weighted by atomic mass is 15.0. The molecule has 9 aromatic rings. The summed E-state index contributed by atoms with van der Waals surface area (Å²) in [5.41, 5.74) is 12.6. The van der Waals surface area contributed by atoms with Gasteiger partial charge in [-0.3, -0.25) is 0 Å². The minimum absolute atomic E-state index is 1.18. The first-order valence-electron chi connectivity index (χ1n) is 14.5. The number of hydrogen-bond acceptors (Lipinski definition) is 0. The zero-order valence-electron chi connectivity index (χ0n) is 22.8. The lowest BCUT2D eigenvalue weighted by Crippen LogP contribution is -1.96. The minimum atomic E-state index is 1.18. The molecular formula is C40H24N2. The van der Waals surface area contributed by atoms with Crippen LogP contribution >= 0.6 is 0 Å². The van der Waals surface area contributed by atoms with Crippen LogP contribution in [0, 0.1) is 0 Å². The number of rotatable bonds is 2. The molecule has 0 amide bonds. The van der Waals surface area contributed by atoms with Crippen molar-refractivity contribution in [2.45, 2.75) is 0 Å². The monoisotopic (exact) mass is 532 g/mol. The Morgan fingerprint density at radius 1 is 0.357 bits per heavy atom. The van der Waals surface area contributed by atoms with Crippen molar-refractivity contribution in [2.24, 2.45) is 0 Å². The molecule has 0 bridgehead atoms. The number of aromatic nitrogens is 2. The summed E-state index contributed by atoms with van der Waals surface area (Å²) < 4.78 is 4.89. The molecule has 0 fully saturated rings. The molecule has 1 aliphatic rings. The van der Waals surface area contributed by atoms with Crippen molar-refractivity contribution in [1.29, 1.82) is 0 Å². The number of hydrogen-bond donors (Lipinski definition) is 0. The van der Waals surface area contributed by atoms with Crippen molar-refractivity contribution < 1.29 is 0 Å². The van der Waals surface area contributed by atoms with Crippen LogP contribution in [-0.4, -0.2) is 9.13 Å². The highest BCUT2D eigenvalue weighted by Gasteiger charge is 2.27. The standard InChI is InChI=1S/C40H24N2/c1-2-12-26(13-3-1)41-35-18-6-5-15-29(35)34-24-27(20-23-37(34)41)42-36-19-7-4-14-28(36)32-22-21-31-30-16-8-10-25-11-9-17-33(38(25)30)39(31)40(32)42/h1-24H.